The molecular weight excluding hydrogens is 629 g/mol. The van der Waals surface area contributed by atoms with Gasteiger partial charge >= 0.3 is 0 Å². The summed E-state index contributed by atoms with van der Waals surface area (Å²) >= 11 is 1.86. The van der Waals surface area contributed by atoms with Crippen molar-refractivity contribution in [2.45, 2.75) is 0 Å². The van der Waals surface area contributed by atoms with E-state index in [0.29, 0.717) is 0 Å². The lowest BCUT2D eigenvalue weighted by Crippen LogP contribution is -2.11. The van der Waals surface area contributed by atoms with Crippen LogP contribution in [0.1, 0.15) is 0 Å². The lowest BCUT2D eigenvalue weighted by atomic mass is 10.0. The van der Waals surface area contributed by atoms with Gasteiger partial charge in [-0.15, -0.1) is 11.3 Å². The van der Waals surface area contributed by atoms with Gasteiger partial charge < -0.3 is 13.9 Å². The third-order valence-corrected chi connectivity index (χ3v) is 11.4. The third-order valence-electron chi connectivity index (χ3n) is 10.2. The van der Waals surface area contributed by atoms with Gasteiger partial charge in [0.05, 0.1) is 27.1 Å². The predicted molar refractivity (Wildman–Crippen MR) is 213 cm³/mol. The SMILES string of the molecule is c1ccc(-n2c3ccccc3c3ccc(N(c4cccc5c4sc4ccccc45)c4cccc5ccc6c7ccccc7oc6c45)cc32)cc1. The summed E-state index contributed by atoms with van der Waals surface area (Å²) in [5, 5.41) is 9.51. The Hall–Kier alpha value is -6.36. The topological polar surface area (TPSA) is 21.3 Å². The van der Waals surface area contributed by atoms with Crippen LogP contribution in [0.3, 0.4) is 0 Å². The average molecular weight is 657 g/mol. The highest BCUT2D eigenvalue weighted by Gasteiger charge is 2.23. The molecule has 0 N–H and O–H groups in total. The molecule has 50 heavy (non-hydrogen) atoms. The van der Waals surface area contributed by atoms with Gasteiger partial charge in [-0.25, -0.2) is 0 Å². The summed E-state index contributed by atoms with van der Waals surface area (Å²) in [6, 6.07) is 61.2. The third kappa shape index (κ3) is 3.91. The van der Waals surface area contributed by atoms with Gasteiger partial charge in [0.1, 0.15) is 11.2 Å². The molecular formula is C46H28N2OS. The van der Waals surface area contributed by atoms with E-state index in [1.54, 1.807) is 0 Å². The Morgan fingerprint density at radius 3 is 2.10 bits per heavy atom. The number of hydrogen-bond donors (Lipinski definition) is 0. The minimum absolute atomic E-state index is 0.900. The summed E-state index contributed by atoms with van der Waals surface area (Å²) in [6.07, 6.45) is 0. The van der Waals surface area contributed by atoms with Crippen molar-refractivity contribution in [3.8, 4) is 5.69 Å². The Morgan fingerprint density at radius 1 is 0.480 bits per heavy atom. The van der Waals surface area contributed by atoms with Crippen molar-refractivity contribution in [1.29, 1.82) is 0 Å². The second-order valence-electron chi connectivity index (χ2n) is 12.9. The van der Waals surface area contributed by atoms with Crippen LogP contribution >= 0.6 is 11.3 Å². The minimum Gasteiger partial charge on any atom is -0.455 e. The van der Waals surface area contributed by atoms with Crippen molar-refractivity contribution < 1.29 is 4.42 Å². The fourth-order valence-electron chi connectivity index (χ4n) is 7.99. The first-order valence-electron chi connectivity index (χ1n) is 16.9. The molecule has 0 aliphatic rings. The van der Waals surface area contributed by atoms with Crippen LogP contribution in [0.2, 0.25) is 0 Å². The van der Waals surface area contributed by atoms with Crippen LogP contribution in [0.4, 0.5) is 17.1 Å². The van der Waals surface area contributed by atoms with Crippen LogP contribution in [-0.4, -0.2) is 4.57 Å². The largest absolute Gasteiger partial charge is 0.455 e. The first-order chi connectivity index (χ1) is 24.8. The predicted octanol–water partition coefficient (Wildman–Crippen LogP) is 13.7. The quantitative estimate of drug-likeness (QED) is 0.188. The molecule has 0 fully saturated rings. The molecule has 3 aromatic heterocycles. The minimum atomic E-state index is 0.900. The molecule has 3 nitrogen and oxygen atoms in total. The van der Waals surface area contributed by atoms with Crippen molar-refractivity contribution in [2.75, 3.05) is 4.90 Å². The van der Waals surface area contributed by atoms with E-state index in [1.165, 1.54) is 36.5 Å². The maximum absolute atomic E-state index is 6.72. The van der Waals surface area contributed by atoms with E-state index < -0.39 is 0 Å². The van der Waals surface area contributed by atoms with Crippen molar-refractivity contribution in [3.05, 3.63) is 170 Å². The summed E-state index contributed by atoms with van der Waals surface area (Å²) in [4.78, 5) is 2.46. The number of furan rings is 1. The highest BCUT2D eigenvalue weighted by atomic mass is 32.1. The Balaban J connectivity index is 1.28. The maximum atomic E-state index is 6.72. The maximum Gasteiger partial charge on any atom is 0.145 e. The van der Waals surface area contributed by atoms with Gasteiger partial charge in [-0.05, 0) is 66.0 Å². The second kappa shape index (κ2) is 10.6. The van der Waals surface area contributed by atoms with Gasteiger partial charge in [0.2, 0.25) is 0 Å². The molecule has 0 spiro atoms. The molecule has 0 atom stereocenters. The van der Waals surface area contributed by atoms with Gasteiger partial charge in [0.15, 0.2) is 0 Å². The zero-order chi connectivity index (χ0) is 32.8. The molecule has 0 amide bonds. The molecule has 0 saturated carbocycles. The van der Waals surface area contributed by atoms with E-state index in [2.05, 4.69) is 173 Å². The van der Waals surface area contributed by atoms with Crippen LogP contribution in [0.25, 0.3) is 80.4 Å². The molecule has 11 aromatic rings. The number of fused-ring (bicyclic) bond motifs is 11. The average Bonchev–Trinajstić information content (AvgIpc) is 3.85. The Bertz CT molecular complexity index is 3110. The molecule has 11 rings (SSSR count). The summed E-state index contributed by atoms with van der Waals surface area (Å²) in [5.41, 5.74) is 8.62. The van der Waals surface area contributed by atoms with Crippen molar-refractivity contribution in [1.82, 2.24) is 4.57 Å². The van der Waals surface area contributed by atoms with E-state index in [-0.39, 0.29) is 0 Å². The smallest absolute Gasteiger partial charge is 0.145 e. The summed E-state index contributed by atoms with van der Waals surface area (Å²) in [6.45, 7) is 0. The normalized spacial score (nSPS) is 12.0. The van der Waals surface area contributed by atoms with Crippen LogP contribution in [0, 0.1) is 0 Å². The number of hydrogen-bond acceptors (Lipinski definition) is 3. The monoisotopic (exact) mass is 656 g/mol. The first kappa shape index (κ1) is 27.6. The van der Waals surface area contributed by atoms with Crippen LogP contribution in [0.15, 0.2) is 174 Å². The van der Waals surface area contributed by atoms with Gasteiger partial charge in [0, 0.05) is 53.8 Å². The van der Waals surface area contributed by atoms with Gasteiger partial charge in [-0.3, -0.25) is 0 Å². The molecule has 0 radical (unpaired) electrons. The van der Waals surface area contributed by atoms with Crippen LogP contribution in [0.5, 0.6) is 0 Å². The van der Waals surface area contributed by atoms with E-state index in [9.17, 15) is 0 Å². The van der Waals surface area contributed by atoms with Crippen molar-refractivity contribution >= 4 is 103 Å². The first-order valence-corrected chi connectivity index (χ1v) is 17.8. The molecule has 4 heteroatoms. The van der Waals surface area contributed by atoms with E-state index in [4.69, 9.17) is 4.42 Å². The Kier molecular flexibility index (Phi) is 5.83. The van der Waals surface area contributed by atoms with Crippen LogP contribution < -0.4 is 4.90 Å². The lowest BCUT2D eigenvalue weighted by molar-refractivity contribution is 0.672. The fraction of sp³-hybridized carbons (Fsp3) is 0. The van der Waals surface area contributed by atoms with Gasteiger partial charge in [-0.2, -0.15) is 0 Å². The summed E-state index contributed by atoms with van der Waals surface area (Å²) in [5.74, 6) is 0. The zero-order valence-electron chi connectivity index (χ0n) is 26.9. The molecule has 0 aliphatic heterocycles. The fourth-order valence-corrected chi connectivity index (χ4v) is 9.20. The lowest BCUT2D eigenvalue weighted by Gasteiger charge is -2.27. The van der Waals surface area contributed by atoms with Crippen LogP contribution in [-0.2, 0) is 0 Å². The number of rotatable bonds is 4. The number of benzene rings is 8. The van der Waals surface area contributed by atoms with E-state index >= 15 is 0 Å². The zero-order valence-corrected chi connectivity index (χ0v) is 27.7. The number of nitrogens with zero attached hydrogens (tertiary/aromatic N) is 2. The molecule has 0 unspecified atom stereocenters. The molecule has 8 aromatic carbocycles. The van der Waals surface area contributed by atoms with E-state index in [1.807, 2.05) is 17.4 Å². The number of anilines is 3. The van der Waals surface area contributed by atoms with E-state index in [0.717, 1.165) is 61.0 Å². The summed E-state index contributed by atoms with van der Waals surface area (Å²) < 4.78 is 11.7. The molecule has 3 heterocycles. The summed E-state index contributed by atoms with van der Waals surface area (Å²) in [7, 11) is 0. The van der Waals surface area contributed by atoms with Crippen molar-refractivity contribution in [3.63, 3.8) is 0 Å². The van der Waals surface area contributed by atoms with Gasteiger partial charge in [0.25, 0.3) is 0 Å². The standard InChI is InChI=1S/C46H28N2OS/c1-2-13-30(14-3-1)47-38-19-7-4-15-32(38)33-27-25-31(28-41(33)47)48(40-21-11-18-37-35-17-6-9-23-43(35)50-46(37)40)39-20-10-12-29-24-26-36-34-16-5-8-22-42(34)49-45(36)44(29)39/h1-28H. The molecule has 0 saturated heterocycles. The number of para-hydroxylation sites is 3. The second-order valence-corrected chi connectivity index (χ2v) is 13.9. The molecule has 0 bridgehead atoms. The molecule has 0 aliphatic carbocycles. The Morgan fingerprint density at radius 2 is 1.18 bits per heavy atom. The highest BCUT2D eigenvalue weighted by molar-refractivity contribution is 7.26. The number of aromatic nitrogens is 1. The number of thiophene rings is 1. The van der Waals surface area contributed by atoms with Gasteiger partial charge in [-0.1, -0.05) is 109 Å². The van der Waals surface area contributed by atoms with Crippen molar-refractivity contribution in [2.24, 2.45) is 0 Å². The highest BCUT2D eigenvalue weighted by Crippen LogP contribution is 2.49. The molecule has 234 valence electrons. The Labute approximate surface area is 291 Å².